The van der Waals surface area contributed by atoms with E-state index in [1.807, 2.05) is 6.07 Å². The Labute approximate surface area is 143 Å². The Morgan fingerprint density at radius 2 is 1.79 bits per heavy atom. The predicted octanol–water partition coefficient (Wildman–Crippen LogP) is 3.41. The molecule has 2 N–H and O–H groups in total. The highest BCUT2D eigenvalue weighted by Crippen LogP contribution is 2.25. The van der Waals surface area contributed by atoms with E-state index in [4.69, 9.17) is 10.7 Å². The van der Waals surface area contributed by atoms with Gasteiger partial charge >= 0.3 is 0 Å². The number of fused-ring (bicyclic) bond motifs is 1. The van der Waals surface area contributed by atoms with Crippen molar-refractivity contribution < 1.29 is 0 Å². The lowest BCUT2D eigenvalue weighted by atomic mass is 9.98. The van der Waals surface area contributed by atoms with Gasteiger partial charge in [0, 0.05) is 38.8 Å². The quantitative estimate of drug-likeness (QED) is 0.756. The van der Waals surface area contributed by atoms with Crippen LogP contribution in [-0.4, -0.2) is 30.2 Å². The van der Waals surface area contributed by atoms with E-state index in [2.05, 4.69) is 73.0 Å². The molecule has 0 aliphatic carbocycles. The third-order valence-corrected chi connectivity index (χ3v) is 4.58. The largest absolute Gasteiger partial charge is 0.378 e. The van der Waals surface area contributed by atoms with Gasteiger partial charge in [-0.15, -0.1) is 0 Å². The molecule has 1 atom stereocenters. The maximum Gasteiger partial charge on any atom is 0.114 e. The minimum Gasteiger partial charge on any atom is -0.378 e. The van der Waals surface area contributed by atoms with E-state index >= 15 is 0 Å². The van der Waals surface area contributed by atoms with Gasteiger partial charge in [-0.3, -0.25) is 0 Å². The molecule has 4 heteroatoms. The Hall–Kier alpha value is -2.33. The number of benzene rings is 2. The molecule has 0 aliphatic rings. The Kier molecular flexibility index (Phi) is 4.86. The highest BCUT2D eigenvalue weighted by Gasteiger charge is 2.19. The maximum atomic E-state index is 6.11. The molecule has 24 heavy (non-hydrogen) atoms. The van der Waals surface area contributed by atoms with Crippen molar-refractivity contribution in [2.45, 2.75) is 25.8 Å². The summed E-state index contributed by atoms with van der Waals surface area (Å²) in [6.45, 7) is 3.67. The van der Waals surface area contributed by atoms with E-state index in [0.717, 1.165) is 24.3 Å². The molecule has 0 bridgehead atoms. The van der Waals surface area contributed by atoms with Crippen LogP contribution in [0.2, 0.25) is 0 Å². The molecular formula is C20H26N4. The molecule has 0 saturated carbocycles. The minimum atomic E-state index is 0.225. The summed E-state index contributed by atoms with van der Waals surface area (Å²) in [4.78, 5) is 6.98. The summed E-state index contributed by atoms with van der Waals surface area (Å²) in [5.41, 5.74) is 10.9. The molecule has 0 fully saturated rings. The van der Waals surface area contributed by atoms with E-state index in [9.17, 15) is 0 Å². The number of hydrogen-bond donors (Lipinski definition) is 1. The molecule has 0 amide bonds. The predicted molar refractivity (Wildman–Crippen MR) is 102 cm³/mol. The van der Waals surface area contributed by atoms with Crippen molar-refractivity contribution in [3.8, 4) is 0 Å². The van der Waals surface area contributed by atoms with Crippen molar-refractivity contribution in [3.63, 3.8) is 0 Å². The number of anilines is 1. The molecular weight excluding hydrogens is 296 g/mol. The SMILES string of the molecule is CCn1c(C(CN)Cc2ccc(N(C)C)cc2)nc2ccccc21. The van der Waals surface area contributed by atoms with Gasteiger partial charge in [-0.1, -0.05) is 24.3 Å². The standard InChI is InChI=1S/C20H26N4/c1-4-24-19-8-6-5-7-18(19)22-20(24)16(14-21)13-15-9-11-17(12-10-15)23(2)3/h5-12,16H,4,13-14,21H2,1-3H3. The summed E-state index contributed by atoms with van der Waals surface area (Å²) in [6, 6.07) is 17.0. The molecule has 1 heterocycles. The summed E-state index contributed by atoms with van der Waals surface area (Å²) < 4.78 is 2.29. The second kappa shape index (κ2) is 7.05. The average Bonchev–Trinajstić information content (AvgIpc) is 2.98. The van der Waals surface area contributed by atoms with Crippen LogP contribution >= 0.6 is 0 Å². The Bertz CT molecular complexity index is 802. The van der Waals surface area contributed by atoms with Crippen LogP contribution in [0.5, 0.6) is 0 Å². The summed E-state index contributed by atoms with van der Waals surface area (Å²) in [5, 5.41) is 0. The van der Waals surface area contributed by atoms with Crippen molar-refractivity contribution in [2.24, 2.45) is 5.73 Å². The number of nitrogens with two attached hydrogens (primary N) is 1. The zero-order chi connectivity index (χ0) is 17.1. The van der Waals surface area contributed by atoms with Gasteiger partial charge in [0.2, 0.25) is 0 Å². The minimum absolute atomic E-state index is 0.225. The molecule has 2 aromatic carbocycles. The van der Waals surface area contributed by atoms with E-state index in [1.165, 1.54) is 16.8 Å². The average molecular weight is 322 g/mol. The van der Waals surface area contributed by atoms with Crippen molar-refractivity contribution >= 4 is 16.7 Å². The van der Waals surface area contributed by atoms with Crippen LogP contribution in [0.15, 0.2) is 48.5 Å². The van der Waals surface area contributed by atoms with Gasteiger partial charge in [0.25, 0.3) is 0 Å². The Balaban J connectivity index is 1.91. The number of imidazole rings is 1. The third-order valence-electron chi connectivity index (χ3n) is 4.58. The normalized spacial score (nSPS) is 12.5. The summed E-state index contributed by atoms with van der Waals surface area (Å²) in [5.74, 6) is 1.32. The first kappa shape index (κ1) is 16.5. The molecule has 4 nitrogen and oxygen atoms in total. The van der Waals surface area contributed by atoms with Crippen LogP contribution in [0.3, 0.4) is 0 Å². The third kappa shape index (κ3) is 3.15. The summed E-state index contributed by atoms with van der Waals surface area (Å²) in [7, 11) is 4.11. The fourth-order valence-corrected chi connectivity index (χ4v) is 3.23. The molecule has 3 rings (SSSR count). The molecule has 0 aliphatic heterocycles. The van der Waals surface area contributed by atoms with Crippen molar-refractivity contribution in [1.29, 1.82) is 0 Å². The van der Waals surface area contributed by atoms with Crippen LogP contribution in [0, 0.1) is 0 Å². The number of aryl methyl sites for hydroxylation is 1. The fourth-order valence-electron chi connectivity index (χ4n) is 3.23. The van der Waals surface area contributed by atoms with Crippen LogP contribution in [0.1, 0.15) is 24.2 Å². The van der Waals surface area contributed by atoms with Gasteiger partial charge in [-0.05, 0) is 43.2 Å². The number of para-hydroxylation sites is 2. The smallest absolute Gasteiger partial charge is 0.114 e. The lowest BCUT2D eigenvalue weighted by Gasteiger charge is -2.17. The van der Waals surface area contributed by atoms with E-state index in [-0.39, 0.29) is 5.92 Å². The molecule has 126 valence electrons. The fraction of sp³-hybridized carbons (Fsp3) is 0.350. The molecule has 1 unspecified atom stereocenters. The lowest BCUT2D eigenvalue weighted by molar-refractivity contribution is 0.598. The second-order valence-corrected chi connectivity index (χ2v) is 6.40. The van der Waals surface area contributed by atoms with Gasteiger partial charge in [0.05, 0.1) is 11.0 Å². The lowest BCUT2D eigenvalue weighted by Crippen LogP contribution is -2.19. The molecule has 0 spiro atoms. The van der Waals surface area contributed by atoms with Crippen molar-refractivity contribution in [3.05, 3.63) is 59.9 Å². The number of aromatic nitrogens is 2. The second-order valence-electron chi connectivity index (χ2n) is 6.40. The van der Waals surface area contributed by atoms with Gasteiger partial charge < -0.3 is 15.2 Å². The maximum absolute atomic E-state index is 6.11. The van der Waals surface area contributed by atoms with Crippen molar-refractivity contribution in [2.75, 3.05) is 25.5 Å². The summed E-state index contributed by atoms with van der Waals surface area (Å²) >= 11 is 0. The number of hydrogen-bond acceptors (Lipinski definition) is 3. The first-order chi connectivity index (χ1) is 11.6. The zero-order valence-corrected chi connectivity index (χ0v) is 14.7. The molecule has 1 aromatic heterocycles. The Morgan fingerprint density at radius 3 is 2.42 bits per heavy atom. The monoisotopic (exact) mass is 322 g/mol. The number of rotatable bonds is 6. The molecule has 0 saturated heterocycles. The van der Waals surface area contributed by atoms with Crippen LogP contribution in [0.4, 0.5) is 5.69 Å². The van der Waals surface area contributed by atoms with Gasteiger partial charge in [-0.25, -0.2) is 4.98 Å². The van der Waals surface area contributed by atoms with E-state index in [1.54, 1.807) is 0 Å². The van der Waals surface area contributed by atoms with Crippen LogP contribution < -0.4 is 10.6 Å². The first-order valence-electron chi connectivity index (χ1n) is 8.55. The van der Waals surface area contributed by atoms with Gasteiger partial charge in [-0.2, -0.15) is 0 Å². The first-order valence-corrected chi connectivity index (χ1v) is 8.55. The number of nitrogens with zero attached hydrogens (tertiary/aromatic N) is 3. The van der Waals surface area contributed by atoms with Crippen molar-refractivity contribution in [1.82, 2.24) is 9.55 Å². The topological polar surface area (TPSA) is 47.1 Å². The highest BCUT2D eigenvalue weighted by atomic mass is 15.1. The van der Waals surface area contributed by atoms with Gasteiger partial charge in [0.15, 0.2) is 0 Å². The Morgan fingerprint density at radius 1 is 1.08 bits per heavy atom. The highest BCUT2D eigenvalue weighted by molar-refractivity contribution is 5.76. The summed E-state index contributed by atoms with van der Waals surface area (Å²) in [6.07, 6.45) is 0.910. The molecule has 3 aromatic rings. The van der Waals surface area contributed by atoms with Crippen LogP contribution in [-0.2, 0) is 13.0 Å². The molecule has 0 radical (unpaired) electrons. The van der Waals surface area contributed by atoms with Crippen LogP contribution in [0.25, 0.3) is 11.0 Å². The van der Waals surface area contributed by atoms with E-state index < -0.39 is 0 Å². The van der Waals surface area contributed by atoms with Gasteiger partial charge in [0.1, 0.15) is 5.82 Å². The zero-order valence-electron chi connectivity index (χ0n) is 14.7. The van der Waals surface area contributed by atoms with E-state index in [0.29, 0.717) is 6.54 Å².